The Morgan fingerprint density at radius 2 is 2.10 bits per heavy atom. The summed E-state index contributed by atoms with van der Waals surface area (Å²) in [5, 5.41) is 0.426. The minimum atomic E-state index is -0.541. The molecule has 1 amide bonds. The lowest BCUT2D eigenvalue weighted by Gasteiger charge is -2.29. The average Bonchev–Trinajstić information content (AvgIpc) is 2.33. The molecule has 0 aromatic heterocycles. The van der Waals surface area contributed by atoms with Crippen LogP contribution in [0.4, 0.5) is 11.4 Å². The van der Waals surface area contributed by atoms with E-state index in [1.165, 1.54) is 0 Å². The van der Waals surface area contributed by atoms with Crippen LogP contribution in [-0.4, -0.2) is 32.7 Å². The van der Waals surface area contributed by atoms with E-state index in [9.17, 15) is 4.79 Å². The number of carbonyl (C=O) groups excluding carboxylic acids is 1. The molecule has 0 unspecified atom stereocenters. The third-order valence-corrected chi connectivity index (χ3v) is 3.11. The highest BCUT2D eigenvalue weighted by Crippen LogP contribution is 2.32. The second-order valence-corrected chi connectivity index (χ2v) is 5.50. The second kappa shape index (κ2) is 7.36. The lowest BCUT2D eigenvalue weighted by molar-refractivity contribution is 0.100. The number of rotatable bonds is 7. The highest BCUT2D eigenvalue weighted by atomic mass is 35.5. The number of halogens is 1. The van der Waals surface area contributed by atoms with Crippen molar-refractivity contribution in [1.29, 1.82) is 0 Å². The number of carbonyl (C=O) groups is 1. The summed E-state index contributed by atoms with van der Waals surface area (Å²) < 4.78 is 5.11. The van der Waals surface area contributed by atoms with Crippen LogP contribution >= 0.6 is 11.6 Å². The standard InChI is InChI=1S/C14H22ClN3O2/c1-9(2)8-18(4-5-20-3)13-11(14(17)19)6-10(16)7-12(13)15/h6-7,9H,4-5,8,16H2,1-3H3,(H2,17,19). The number of nitrogens with zero attached hydrogens (tertiary/aromatic N) is 1. The first kappa shape index (κ1) is 16.6. The fraction of sp³-hybridized carbons (Fsp3) is 0.500. The van der Waals surface area contributed by atoms with Gasteiger partial charge in [-0.2, -0.15) is 0 Å². The van der Waals surface area contributed by atoms with Gasteiger partial charge >= 0.3 is 0 Å². The Morgan fingerprint density at radius 3 is 2.60 bits per heavy atom. The number of hydrogen-bond acceptors (Lipinski definition) is 4. The lowest BCUT2D eigenvalue weighted by atomic mass is 10.1. The molecule has 0 bridgehead atoms. The van der Waals surface area contributed by atoms with Gasteiger partial charge in [-0.25, -0.2) is 0 Å². The van der Waals surface area contributed by atoms with Gasteiger partial charge in [-0.3, -0.25) is 4.79 Å². The zero-order valence-corrected chi connectivity index (χ0v) is 12.9. The fourth-order valence-corrected chi connectivity index (χ4v) is 2.41. The highest BCUT2D eigenvalue weighted by molar-refractivity contribution is 6.34. The first-order valence-electron chi connectivity index (χ1n) is 6.49. The molecule has 4 N–H and O–H groups in total. The van der Waals surface area contributed by atoms with Crippen LogP contribution in [0.25, 0.3) is 0 Å². The smallest absolute Gasteiger partial charge is 0.250 e. The topological polar surface area (TPSA) is 81.6 Å². The van der Waals surface area contributed by atoms with Crippen LogP contribution in [-0.2, 0) is 4.74 Å². The van der Waals surface area contributed by atoms with Gasteiger partial charge in [0.25, 0.3) is 5.91 Å². The summed E-state index contributed by atoms with van der Waals surface area (Å²) in [6.07, 6.45) is 0. The van der Waals surface area contributed by atoms with E-state index in [0.29, 0.717) is 41.0 Å². The van der Waals surface area contributed by atoms with Crippen LogP contribution in [0.5, 0.6) is 0 Å². The van der Waals surface area contributed by atoms with E-state index in [-0.39, 0.29) is 0 Å². The monoisotopic (exact) mass is 299 g/mol. The molecule has 0 heterocycles. The third-order valence-electron chi connectivity index (χ3n) is 2.82. The Bertz CT molecular complexity index is 478. The number of nitrogen functional groups attached to an aromatic ring is 1. The van der Waals surface area contributed by atoms with Crippen molar-refractivity contribution in [2.24, 2.45) is 11.7 Å². The summed E-state index contributed by atoms with van der Waals surface area (Å²) in [7, 11) is 1.63. The maximum absolute atomic E-state index is 11.6. The largest absolute Gasteiger partial charge is 0.399 e. The van der Waals surface area contributed by atoms with Crippen LogP contribution in [0.1, 0.15) is 24.2 Å². The predicted molar refractivity (Wildman–Crippen MR) is 83.3 cm³/mol. The molecule has 1 rings (SSSR count). The molecular formula is C14H22ClN3O2. The van der Waals surface area contributed by atoms with Gasteiger partial charge in [-0.05, 0) is 18.1 Å². The summed E-state index contributed by atoms with van der Waals surface area (Å²) in [6, 6.07) is 3.19. The Balaban J connectivity index is 3.26. The Hall–Kier alpha value is -1.46. The number of primary amides is 1. The van der Waals surface area contributed by atoms with Gasteiger partial charge in [-0.15, -0.1) is 0 Å². The quantitative estimate of drug-likeness (QED) is 0.756. The van der Waals surface area contributed by atoms with Gasteiger partial charge in [0.15, 0.2) is 0 Å². The molecule has 20 heavy (non-hydrogen) atoms. The maximum Gasteiger partial charge on any atom is 0.250 e. The van der Waals surface area contributed by atoms with Crippen molar-refractivity contribution in [2.75, 3.05) is 37.4 Å². The number of benzene rings is 1. The van der Waals surface area contributed by atoms with Gasteiger partial charge in [0.1, 0.15) is 0 Å². The van der Waals surface area contributed by atoms with E-state index in [0.717, 1.165) is 6.54 Å². The summed E-state index contributed by atoms with van der Waals surface area (Å²) in [5.41, 5.74) is 12.6. The van der Waals surface area contributed by atoms with Crippen molar-refractivity contribution >= 4 is 28.9 Å². The van der Waals surface area contributed by atoms with Crippen molar-refractivity contribution < 1.29 is 9.53 Å². The molecule has 0 fully saturated rings. The molecule has 0 aliphatic rings. The van der Waals surface area contributed by atoms with Crippen LogP contribution in [0.15, 0.2) is 12.1 Å². The van der Waals surface area contributed by atoms with E-state index in [2.05, 4.69) is 13.8 Å². The molecule has 0 radical (unpaired) electrons. The highest BCUT2D eigenvalue weighted by Gasteiger charge is 2.20. The minimum Gasteiger partial charge on any atom is -0.399 e. The number of nitrogens with two attached hydrogens (primary N) is 2. The number of hydrogen-bond donors (Lipinski definition) is 2. The molecule has 5 nitrogen and oxygen atoms in total. The first-order valence-corrected chi connectivity index (χ1v) is 6.87. The van der Waals surface area contributed by atoms with Gasteiger partial charge in [0.05, 0.1) is 22.9 Å². The van der Waals surface area contributed by atoms with Crippen molar-refractivity contribution in [2.45, 2.75) is 13.8 Å². The second-order valence-electron chi connectivity index (χ2n) is 5.10. The number of ether oxygens (including phenoxy) is 1. The van der Waals surface area contributed by atoms with Crippen LogP contribution < -0.4 is 16.4 Å². The van der Waals surface area contributed by atoms with Crippen molar-refractivity contribution in [3.8, 4) is 0 Å². The van der Waals surface area contributed by atoms with Crippen molar-refractivity contribution in [3.63, 3.8) is 0 Å². The molecule has 112 valence electrons. The predicted octanol–water partition coefficient (Wildman–Crippen LogP) is 2.13. The van der Waals surface area contributed by atoms with E-state index in [4.69, 9.17) is 27.8 Å². The van der Waals surface area contributed by atoms with E-state index < -0.39 is 5.91 Å². The number of anilines is 2. The van der Waals surface area contributed by atoms with Crippen LogP contribution in [0.3, 0.4) is 0 Å². The maximum atomic E-state index is 11.6. The molecule has 1 aromatic rings. The summed E-state index contributed by atoms with van der Waals surface area (Å²) in [5.74, 6) is -0.137. The summed E-state index contributed by atoms with van der Waals surface area (Å²) >= 11 is 6.27. The normalized spacial score (nSPS) is 10.8. The fourth-order valence-electron chi connectivity index (χ4n) is 2.07. The Labute approximate surface area is 124 Å². The molecule has 0 aliphatic carbocycles. The third kappa shape index (κ3) is 4.28. The molecule has 6 heteroatoms. The van der Waals surface area contributed by atoms with E-state index in [1.54, 1.807) is 19.2 Å². The van der Waals surface area contributed by atoms with Crippen LogP contribution in [0, 0.1) is 5.92 Å². The van der Waals surface area contributed by atoms with E-state index in [1.807, 2.05) is 4.90 Å². The van der Waals surface area contributed by atoms with Gasteiger partial charge < -0.3 is 21.1 Å². The summed E-state index contributed by atoms with van der Waals surface area (Å²) in [6.45, 7) is 6.08. The Kier molecular flexibility index (Phi) is 6.10. The number of amides is 1. The summed E-state index contributed by atoms with van der Waals surface area (Å²) in [4.78, 5) is 13.7. The van der Waals surface area contributed by atoms with Gasteiger partial charge in [0, 0.05) is 25.9 Å². The molecule has 0 atom stereocenters. The zero-order chi connectivity index (χ0) is 15.3. The zero-order valence-electron chi connectivity index (χ0n) is 12.1. The minimum absolute atomic E-state index is 0.340. The Morgan fingerprint density at radius 1 is 1.45 bits per heavy atom. The van der Waals surface area contributed by atoms with E-state index >= 15 is 0 Å². The molecule has 0 saturated heterocycles. The molecule has 0 spiro atoms. The molecule has 0 saturated carbocycles. The SMILES string of the molecule is COCCN(CC(C)C)c1c(Cl)cc(N)cc1C(N)=O. The van der Waals surface area contributed by atoms with Gasteiger partial charge in [-0.1, -0.05) is 25.4 Å². The average molecular weight is 300 g/mol. The van der Waals surface area contributed by atoms with Crippen LogP contribution in [0.2, 0.25) is 5.02 Å². The van der Waals surface area contributed by atoms with Crippen molar-refractivity contribution in [1.82, 2.24) is 0 Å². The molecular weight excluding hydrogens is 278 g/mol. The molecule has 0 aliphatic heterocycles. The molecule has 1 aromatic carbocycles. The number of methoxy groups -OCH3 is 1. The first-order chi connectivity index (χ1) is 9.36. The van der Waals surface area contributed by atoms with Crippen molar-refractivity contribution in [3.05, 3.63) is 22.7 Å². The lowest BCUT2D eigenvalue weighted by Crippen LogP contribution is -2.33. The van der Waals surface area contributed by atoms with Gasteiger partial charge in [0.2, 0.25) is 0 Å².